The molecule has 1 aromatic carbocycles. The second kappa shape index (κ2) is 8.07. The first-order valence-corrected chi connectivity index (χ1v) is 9.71. The molecule has 1 amide bonds. The molecule has 0 spiro atoms. The summed E-state index contributed by atoms with van der Waals surface area (Å²) in [6.07, 6.45) is 2.88. The Kier molecular flexibility index (Phi) is 6.00. The molecule has 1 saturated carbocycles. The number of carbonyl (C=O) groups excluding carboxylic acids is 2. The first-order valence-electron chi connectivity index (χ1n) is 9.33. The third-order valence-corrected chi connectivity index (χ3v) is 6.09. The smallest absolute Gasteiger partial charge is 0.237 e. The van der Waals surface area contributed by atoms with E-state index in [1.165, 1.54) is 0 Å². The monoisotopic (exact) mass is 378 g/mol. The van der Waals surface area contributed by atoms with E-state index in [0.29, 0.717) is 37.6 Å². The Morgan fingerprint density at radius 2 is 2.15 bits per heavy atom. The minimum Gasteiger partial charge on any atom is -0.379 e. The number of hydrogen-bond donors (Lipinski definition) is 0. The van der Waals surface area contributed by atoms with Crippen molar-refractivity contribution in [3.63, 3.8) is 0 Å². The predicted octanol–water partition coefficient (Wildman–Crippen LogP) is 2.86. The summed E-state index contributed by atoms with van der Waals surface area (Å²) in [6.45, 7) is 4.35. The molecule has 6 heteroatoms. The summed E-state index contributed by atoms with van der Waals surface area (Å²) < 4.78 is 5.45. The number of hydrogen-bond acceptors (Lipinski definition) is 4. The zero-order valence-corrected chi connectivity index (χ0v) is 16.3. The van der Waals surface area contributed by atoms with Crippen LogP contribution in [0, 0.1) is 0 Å². The van der Waals surface area contributed by atoms with E-state index >= 15 is 0 Å². The summed E-state index contributed by atoms with van der Waals surface area (Å²) in [5, 5.41) is 0.544. The van der Waals surface area contributed by atoms with Crippen molar-refractivity contribution in [3.05, 3.63) is 34.9 Å². The van der Waals surface area contributed by atoms with Gasteiger partial charge in [0.1, 0.15) is 5.54 Å². The Morgan fingerprint density at radius 1 is 1.38 bits per heavy atom. The number of likely N-dealkylation sites (N-methyl/N-ethyl adjacent to an activating group) is 1. The van der Waals surface area contributed by atoms with Crippen LogP contribution in [0.2, 0.25) is 5.02 Å². The van der Waals surface area contributed by atoms with Crippen molar-refractivity contribution in [1.29, 1.82) is 0 Å². The first kappa shape index (κ1) is 19.3. The van der Waals surface area contributed by atoms with E-state index in [2.05, 4.69) is 11.8 Å². The molecular formula is C20H27ClN2O3. The molecule has 0 unspecified atom stereocenters. The summed E-state index contributed by atoms with van der Waals surface area (Å²) in [7, 11) is 1.75. The second-order valence-corrected chi connectivity index (χ2v) is 7.72. The van der Waals surface area contributed by atoms with Crippen LogP contribution in [-0.4, -0.2) is 60.9 Å². The Bertz CT molecular complexity index is 681. The molecule has 0 aromatic heterocycles. The van der Waals surface area contributed by atoms with Crippen LogP contribution in [0.25, 0.3) is 0 Å². The van der Waals surface area contributed by atoms with Crippen molar-refractivity contribution in [3.8, 4) is 0 Å². The van der Waals surface area contributed by atoms with E-state index < -0.39 is 5.54 Å². The van der Waals surface area contributed by atoms with Gasteiger partial charge in [0.2, 0.25) is 5.91 Å². The minimum atomic E-state index is -0.955. The molecule has 26 heavy (non-hydrogen) atoms. The number of rotatable bonds is 4. The van der Waals surface area contributed by atoms with Crippen LogP contribution in [0.15, 0.2) is 24.3 Å². The third kappa shape index (κ3) is 3.53. The molecule has 1 aromatic rings. The van der Waals surface area contributed by atoms with Crippen LogP contribution >= 0.6 is 11.6 Å². The number of ketones is 1. The van der Waals surface area contributed by atoms with E-state index in [9.17, 15) is 9.59 Å². The van der Waals surface area contributed by atoms with Gasteiger partial charge in [0.15, 0.2) is 5.78 Å². The van der Waals surface area contributed by atoms with E-state index in [-0.39, 0.29) is 17.7 Å². The highest BCUT2D eigenvalue weighted by Gasteiger charge is 2.48. The molecule has 1 saturated heterocycles. The molecule has 2 aliphatic rings. The molecule has 1 aliphatic carbocycles. The van der Waals surface area contributed by atoms with Crippen molar-refractivity contribution >= 4 is 23.3 Å². The molecule has 1 heterocycles. The number of carbonyl (C=O) groups is 2. The lowest BCUT2D eigenvalue weighted by molar-refractivity contribution is -0.150. The van der Waals surface area contributed by atoms with Gasteiger partial charge in [-0.3, -0.25) is 14.5 Å². The summed E-state index contributed by atoms with van der Waals surface area (Å²) >= 11 is 6.46. The normalized spacial score (nSPS) is 27.3. The van der Waals surface area contributed by atoms with Gasteiger partial charge in [-0.1, -0.05) is 29.8 Å². The van der Waals surface area contributed by atoms with Crippen molar-refractivity contribution in [2.75, 3.05) is 33.4 Å². The number of amides is 1. The van der Waals surface area contributed by atoms with Crippen LogP contribution in [0.4, 0.5) is 0 Å². The van der Waals surface area contributed by atoms with Gasteiger partial charge in [0.05, 0.1) is 19.8 Å². The Labute approximate surface area is 160 Å². The second-order valence-electron chi connectivity index (χ2n) is 7.32. The number of benzene rings is 1. The van der Waals surface area contributed by atoms with Gasteiger partial charge in [-0.25, -0.2) is 0 Å². The van der Waals surface area contributed by atoms with Gasteiger partial charge in [-0.2, -0.15) is 0 Å². The fourth-order valence-electron chi connectivity index (χ4n) is 4.12. The lowest BCUT2D eigenvalue weighted by atomic mass is 9.74. The predicted molar refractivity (Wildman–Crippen MR) is 101 cm³/mol. The number of nitrogens with zero attached hydrogens (tertiary/aromatic N) is 2. The molecular weight excluding hydrogens is 352 g/mol. The standard InChI is InChI=1S/C20H27ClN2O3/c1-15-14-26-12-11-23(15)13-19(25)22(2)20(10-6-5-9-18(20)24)16-7-3-4-8-17(16)21/h3-4,7-8,15H,5-6,9-14H2,1-2H3/t15-,20+/m0/s1. The largest absolute Gasteiger partial charge is 0.379 e. The molecule has 142 valence electrons. The van der Waals surface area contributed by atoms with Crippen LogP contribution in [-0.2, 0) is 19.9 Å². The van der Waals surface area contributed by atoms with E-state index in [4.69, 9.17) is 16.3 Å². The van der Waals surface area contributed by atoms with Crippen molar-refractivity contribution in [1.82, 2.24) is 9.80 Å². The van der Waals surface area contributed by atoms with Gasteiger partial charge >= 0.3 is 0 Å². The van der Waals surface area contributed by atoms with E-state index in [0.717, 1.165) is 24.9 Å². The molecule has 2 fully saturated rings. The fraction of sp³-hybridized carbons (Fsp3) is 0.600. The summed E-state index contributed by atoms with van der Waals surface area (Å²) in [5.74, 6) is 0.0386. The van der Waals surface area contributed by atoms with Crippen LogP contribution in [0.1, 0.15) is 38.2 Å². The summed E-state index contributed by atoms with van der Waals surface area (Å²) in [5.41, 5.74) is -0.208. The Hall–Kier alpha value is -1.43. The molecule has 0 radical (unpaired) electrons. The molecule has 0 N–H and O–H groups in total. The highest BCUT2D eigenvalue weighted by Crippen LogP contribution is 2.42. The topological polar surface area (TPSA) is 49.9 Å². The average molecular weight is 379 g/mol. The summed E-state index contributed by atoms with van der Waals surface area (Å²) in [6, 6.07) is 7.60. The van der Waals surface area contributed by atoms with Crippen molar-refractivity contribution in [2.45, 2.75) is 44.2 Å². The lowest BCUT2D eigenvalue weighted by Gasteiger charge is -2.45. The van der Waals surface area contributed by atoms with Gasteiger partial charge in [-0.05, 0) is 32.3 Å². The molecule has 2 atom stereocenters. The molecule has 0 bridgehead atoms. The van der Waals surface area contributed by atoms with Crippen LogP contribution in [0.3, 0.4) is 0 Å². The van der Waals surface area contributed by atoms with Crippen LogP contribution in [0.5, 0.6) is 0 Å². The SMILES string of the molecule is C[C@H]1COCCN1CC(=O)N(C)[C@@]1(c2ccccc2Cl)CCCCC1=O. The zero-order valence-electron chi connectivity index (χ0n) is 15.5. The number of Topliss-reactive ketones (excluding diaryl/α,β-unsaturated/α-hetero) is 1. The maximum absolute atomic E-state index is 13.1. The maximum atomic E-state index is 13.1. The maximum Gasteiger partial charge on any atom is 0.237 e. The highest BCUT2D eigenvalue weighted by molar-refractivity contribution is 6.31. The first-order chi connectivity index (χ1) is 12.5. The lowest BCUT2D eigenvalue weighted by Crippen LogP contribution is -2.57. The molecule has 1 aliphatic heterocycles. The highest BCUT2D eigenvalue weighted by atomic mass is 35.5. The number of morpholine rings is 1. The van der Waals surface area contributed by atoms with E-state index in [1.54, 1.807) is 18.0 Å². The van der Waals surface area contributed by atoms with Gasteiger partial charge < -0.3 is 9.64 Å². The Morgan fingerprint density at radius 3 is 2.85 bits per heavy atom. The average Bonchev–Trinajstić information content (AvgIpc) is 2.64. The Balaban J connectivity index is 1.90. The zero-order chi connectivity index (χ0) is 18.7. The fourth-order valence-corrected chi connectivity index (χ4v) is 4.41. The summed E-state index contributed by atoms with van der Waals surface area (Å²) in [4.78, 5) is 30.0. The van der Waals surface area contributed by atoms with Gasteiger partial charge in [0, 0.05) is 36.6 Å². The molecule has 3 rings (SSSR count). The third-order valence-electron chi connectivity index (χ3n) is 5.76. The molecule has 5 nitrogen and oxygen atoms in total. The number of halogens is 1. The van der Waals surface area contributed by atoms with E-state index in [1.807, 2.05) is 18.2 Å². The quantitative estimate of drug-likeness (QED) is 0.808. The van der Waals surface area contributed by atoms with Gasteiger partial charge in [-0.15, -0.1) is 0 Å². The minimum absolute atomic E-state index is 0.0473. The van der Waals surface area contributed by atoms with Crippen molar-refractivity contribution in [2.24, 2.45) is 0 Å². The number of ether oxygens (including phenoxy) is 1. The van der Waals surface area contributed by atoms with Crippen molar-refractivity contribution < 1.29 is 14.3 Å². The van der Waals surface area contributed by atoms with Crippen LogP contribution < -0.4 is 0 Å². The van der Waals surface area contributed by atoms with Gasteiger partial charge in [0.25, 0.3) is 0 Å².